The van der Waals surface area contributed by atoms with Gasteiger partial charge in [0.15, 0.2) is 0 Å². The van der Waals surface area contributed by atoms with E-state index in [9.17, 15) is 4.79 Å². The van der Waals surface area contributed by atoms with Gasteiger partial charge in [0.25, 0.3) is 5.91 Å². The molecule has 0 fully saturated rings. The Labute approximate surface area is 209 Å². The highest BCUT2D eigenvalue weighted by molar-refractivity contribution is 9.11. The SMILES string of the molecule is CCCOc1ccc(C(=O)N/N=C/c2cc(Br)c(OCc3ccccc3Cl)c(Br)c2)cc1. The summed E-state index contributed by atoms with van der Waals surface area (Å²) in [5, 5.41) is 4.71. The Bertz CT molecular complexity index is 1080. The molecule has 0 aromatic heterocycles. The molecular weight excluding hydrogens is 560 g/mol. The van der Waals surface area contributed by atoms with Crippen molar-refractivity contribution in [1.29, 1.82) is 0 Å². The Hall–Kier alpha value is -2.35. The van der Waals surface area contributed by atoms with E-state index in [1.54, 1.807) is 30.5 Å². The fraction of sp³-hybridized carbons (Fsp3) is 0.167. The van der Waals surface area contributed by atoms with Crippen LogP contribution < -0.4 is 14.9 Å². The normalized spacial score (nSPS) is 10.9. The number of hydrogen-bond acceptors (Lipinski definition) is 4. The van der Waals surface area contributed by atoms with E-state index in [-0.39, 0.29) is 5.91 Å². The summed E-state index contributed by atoms with van der Waals surface area (Å²) in [5.41, 5.74) is 4.70. The van der Waals surface area contributed by atoms with Crippen LogP contribution >= 0.6 is 43.5 Å². The number of ether oxygens (including phenoxy) is 2. The van der Waals surface area contributed by atoms with Gasteiger partial charge in [0, 0.05) is 16.1 Å². The quantitative estimate of drug-likeness (QED) is 0.219. The first kappa shape index (κ1) is 24.3. The van der Waals surface area contributed by atoms with E-state index in [4.69, 9.17) is 21.1 Å². The second kappa shape index (κ2) is 12.0. The van der Waals surface area contributed by atoms with Gasteiger partial charge in [-0.25, -0.2) is 5.43 Å². The number of nitrogens with one attached hydrogen (secondary N) is 1. The molecule has 0 spiro atoms. The van der Waals surface area contributed by atoms with Gasteiger partial charge < -0.3 is 9.47 Å². The third kappa shape index (κ3) is 6.82. The number of benzene rings is 3. The molecule has 1 N–H and O–H groups in total. The number of hydrazone groups is 1. The van der Waals surface area contributed by atoms with Crippen molar-refractivity contribution in [3.63, 3.8) is 0 Å². The Kier molecular flexibility index (Phi) is 9.14. The molecule has 0 saturated carbocycles. The van der Waals surface area contributed by atoms with Gasteiger partial charge in [-0.15, -0.1) is 0 Å². The van der Waals surface area contributed by atoms with E-state index in [1.807, 2.05) is 43.3 Å². The van der Waals surface area contributed by atoms with Crippen molar-refractivity contribution in [2.75, 3.05) is 6.61 Å². The maximum Gasteiger partial charge on any atom is 0.271 e. The second-order valence-corrected chi connectivity index (χ2v) is 8.88. The zero-order chi connectivity index (χ0) is 22.9. The maximum absolute atomic E-state index is 12.3. The summed E-state index contributed by atoms with van der Waals surface area (Å²) in [5.74, 6) is 1.08. The van der Waals surface area contributed by atoms with Crippen LogP contribution in [0.25, 0.3) is 0 Å². The molecule has 0 aliphatic heterocycles. The van der Waals surface area contributed by atoms with Gasteiger partial charge in [-0.3, -0.25) is 4.79 Å². The van der Waals surface area contributed by atoms with Gasteiger partial charge in [0.05, 0.1) is 21.8 Å². The van der Waals surface area contributed by atoms with Gasteiger partial charge in [-0.1, -0.05) is 36.7 Å². The summed E-state index contributed by atoms with van der Waals surface area (Å²) in [7, 11) is 0. The van der Waals surface area contributed by atoms with Gasteiger partial charge in [-0.05, 0) is 86.3 Å². The third-order valence-corrected chi connectivity index (χ3v) is 5.87. The van der Waals surface area contributed by atoms with E-state index < -0.39 is 0 Å². The van der Waals surface area contributed by atoms with Crippen LogP contribution in [0.2, 0.25) is 5.02 Å². The minimum absolute atomic E-state index is 0.305. The summed E-state index contributed by atoms with van der Waals surface area (Å²) in [6.07, 6.45) is 2.49. The summed E-state index contributed by atoms with van der Waals surface area (Å²) in [4.78, 5) is 12.3. The van der Waals surface area contributed by atoms with Gasteiger partial charge >= 0.3 is 0 Å². The molecule has 0 bridgehead atoms. The lowest BCUT2D eigenvalue weighted by molar-refractivity contribution is 0.0955. The molecule has 8 heteroatoms. The Morgan fingerprint density at radius 1 is 1.06 bits per heavy atom. The first-order valence-electron chi connectivity index (χ1n) is 9.89. The van der Waals surface area contributed by atoms with Gasteiger partial charge in [-0.2, -0.15) is 5.10 Å². The monoisotopic (exact) mass is 578 g/mol. The molecule has 0 aliphatic rings. The van der Waals surface area contributed by atoms with Crippen LogP contribution in [-0.2, 0) is 6.61 Å². The van der Waals surface area contributed by atoms with E-state index in [0.29, 0.717) is 29.5 Å². The average molecular weight is 581 g/mol. The zero-order valence-corrected chi connectivity index (χ0v) is 21.2. The number of amides is 1. The van der Waals surface area contributed by atoms with Crippen LogP contribution in [0.3, 0.4) is 0 Å². The highest BCUT2D eigenvalue weighted by atomic mass is 79.9. The van der Waals surface area contributed by atoms with Crippen molar-refractivity contribution in [2.45, 2.75) is 20.0 Å². The lowest BCUT2D eigenvalue weighted by atomic mass is 10.2. The van der Waals surface area contributed by atoms with Crippen LogP contribution in [0.4, 0.5) is 0 Å². The topological polar surface area (TPSA) is 59.9 Å². The molecule has 32 heavy (non-hydrogen) atoms. The molecule has 3 rings (SSSR count). The van der Waals surface area contributed by atoms with Gasteiger partial charge in [0.1, 0.15) is 18.1 Å². The largest absolute Gasteiger partial charge is 0.494 e. The van der Waals surface area contributed by atoms with E-state index in [1.165, 1.54) is 0 Å². The molecule has 1 amide bonds. The van der Waals surface area contributed by atoms with Crippen LogP contribution in [-0.4, -0.2) is 18.7 Å². The summed E-state index contributed by atoms with van der Waals surface area (Å²) in [6, 6.07) is 18.2. The Morgan fingerprint density at radius 2 is 1.75 bits per heavy atom. The molecule has 0 unspecified atom stereocenters. The minimum Gasteiger partial charge on any atom is -0.494 e. The van der Waals surface area contributed by atoms with Crippen LogP contribution in [0.15, 0.2) is 74.7 Å². The summed E-state index contributed by atoms with van der Waals surface area (Å²) in [6.45, 7) is 3.02. The first-order chi connectivity index (χ1) is 15.5. The lowest BCUT2D eigenvalue weighted by Gasteiger charge is -2.12. The lowest BCUT2D eigenvalue weighted by Crippen LogP contribution is -2.17. The second-order valence-electron chi connectivity index (χ2n) is 6.77. The number of carbonyl (C=O) groups excluding carboxylic acids is 1. The molecule has 0 atom stereocenters. The van der Waals surface area contributed by atoms with E-state index >= 15 is 0 Å². The van der Waals surface area contributed by atoms with Crippen molar-refractivity contribution >= 4 is 55.6 Å². The number of halogens is 3. The number of rotatable bonds is 9. The van der Waals surface area contributed by atoms with Crippen molar-refractivity contribution in [2.24, 2.45) is 5.10 Å². The van der Waals surface area contributed by atoms with Crippen molar-refractivity contribution in [1.82, 2.24) is 5.43 Å². The smallest absolute Gasteiger partial charge is 0.271 e. The highest BCUT2D eigenvalue weighted by Crippen LogP contribution is 2.35. The number of hydrogen-bond donors (Lipinski definition) is 1. The fourth-order valence-electron chi connectivity index (χ4n) is 2.71. The Balaban J connectivity index is 1.60. The molecule has 3 aromatic rings. The average Bonchev–Trinajstić information content (AvgIpc) is 2.78. The Morgan fingerprint density at radius 3 is 2.41 bits per heavy atom. The first-order valence-corrected chi connectivity index (χ1v) is 11.9. The molecular formula is C24H21Br2ClN2O3. The van der Waals surface area contributed by atoms with Crippen LogP contribution in [0.5, 0.6) is 11.5 Å². The van der Waals surface area contributed by atoms with Crippen LogP contribution in [0, 0.1) is 0 Å². The molecule has 3 aromatic carbocycles. The third-order valence-electron chi connectivity index (χ3n) is 4.32. The van der Waals surface area contributed by atoms with Crippen LogP contribution in [0.1, 0.15) is 34.8 Å². The molecule has 166 valence electrons. The summed E-state index contributed by atoms with van der Waals surface area (Å²) >= 11 is 13.2. The number of nitrogens with zero attached hydrogens (tertiary/aromatic N) is 1. The standard InChI is InChI=1S/C24H21Br2ClN2O3/c1-2-11-31-19-9-7-17(8-10-19)24(30)29-28-14-16-12-20(25)23(21(26)13-16)32-15-18-5-3-4-6-22(18)27/h3-10,12-14H,2,11,15H2,1H3,(H,29,30)/b28-14+. The minimum atomic E-state index is -0.305. The predicted molar refractivity (Wildman–Crippen MR) is 135 cm³/mol. The molecule has 0 radical (unpaired) electrons. The predicted octanol–water partition coefficient (Wildman–Crippen LogP) is 7.00. The number of carbonyl (C=O) groups is 1. The fourth-order valence-corrected chi connectivity index (χ4v) is 4.35. The van der Waals surface area contributed by atoms with Crippen molar-refractivity contribution in [3.8, 4) is 11.5 Å². The van der Waals surface area contributed by atoms with E-state index in [2.05, 4.69) is 42.4 Å². The van der Waals surface area contributed by atoms with Crippen molar-refractivity contribution in [3.05, 3.63) is 91.3 Å². The maximum atomic E-state index is 12.3. The van der Waals surface area contributed by atoms with Crippen molar-refractivity contribution < 1.29 is 14.3 Å². The highest BCUT2D eigenvalue weighted by Gasteiger charge is 2.10. The zero-order valence-electron chi connectivity index (χ0n) is 17.3. The molecule has 5 nitrogen and oxygen atoms in total. The van der Waals surface area contributed by atoms with E-state index in [0.717, 1.165) is 32.2 Å². The molecule has 0 heterocycles. The van der Waals surface area contributed by atoms with Gasteiger partial charge in [0.2, 0.25) is 0 Å². The molecule has 0 saturated heterocycles. The molecule has 0 aliphatic carbocycles. The summed E-state index contributed by atoms with van der Waals surface area (Å²) < 4.78 is 12.9.